The van der Waals surface area contributed by atoms with Gasteiger partial charge in [0.2, 0.25) is 0 Å². The Morgan fingerprint density at radius 1 is 0.739 bits per heavy atom. The van der Waals surface area contributed by atoms with Crippen molar-refractivity contribution in [3.8, 4) is 0 Å². The molecule has 1 heterocycles. The van der Waals surface area contributed by atoms with E-state index in [2.05, 4.69) is 84.9 Å². The molecule has 0 aliphatic carbocycles. The molecule has 0 N–H and O–H groups in total. The summed E-state index contributed by atoms with van der Waals surface area (Å²) in [5.41, 5.74) is 2.92. The maximum Gasteiger partial charge on any atom is 0.0369 e. The van der Waals surface area contributed by atoms with Gasteiger partial charge in [0, 0.05) is 20.3 Å². The van der Waals surface area contributed by atoms with Gasteiger partial charge in [-0.2, -0.15) is 0 Å². The van der Waals surface area contributed by atoms with Gasteiger partial charge in [0.25, 0.3) is 0 Å². The Labute approximate surface area is 146 Å². The van der Waals surface area contributed by atoms with Crippen molar-refractivity contribution in [2.24, 2.45) is 0 Å². The van der Waals surface area contributed by atoms with Gasteiger partial charge in [-0.25, -0.2) is 0 Å². The van der Waals surface area contributed by atoms with Crippen LogP contribution in [0.15, 0.2) is 94.7 Å². The Balaban J connectivity index is 1.67. The Morgan fingerprint density at radius 3 is 2.17 bits per heavy atom. The molecule has 1 aliphatic heterocycles. The third-order valence-electron chi connectivity index (χ3n) is 4.16. The molecule has 0 spiro atoms. The average Bonchev–Trinajstić information content (AvgIpc) is 2.63. The molecule has 0 bridgehead atoms. The highest BCUT2D eigenvalue weighted by Crippen LogP contribution is 2.54. The lowest BCUT2D eigenvalue weighted by molar-refractivity contribution is 0.755. The maximum atomic E-state index is 2.30. The van der Waals surface area contributed by atoms with E-state index in [-0.39, 0.29) is 0 Å². The SMILES string of the molecule is c1ccc(SC2CC(c3ccccc3)Sc3ccccc32)cc1. The van der Waals surface area contributed by atoms with Crippen LogP contribution in [0.3, 0.4) is 0 Å². The van der Waals surface area contributed by atoms with E-state index in [4.69, 9.17) is 0 Å². The molecule has 0 nitrogen and oxygen atoms in total. The minimum absolute atomic E-state index is 0.514. The number of fused-ring (bicyclic) bond motifs is 1. The Morgan fingerprint density at radius 2 is 1.39 bits per heavy atom. The van der Waals surface area contributed by atoms with Gasteiger partial charge < -0.3 is 0 Å². The Kier molecular flexibility index (Phi) is 4.45. The molecule has 3 aromatic rings. The van der Waals surface area contributed by atoms with Gasteiger partial charge in [-0.3, -0.25) is 0 Å². The van der Waals surface area contributed by atoms with Gasteiger partial charge in [-0.05, 0) is 35.7 Å². The summed E-state index contributed by atoms with van der Waals surface area (Å²) in [4.78, 5) is 2.78. The highest BCUT2D eigenvalue weighted by molar-refractivity contribution is 8.01. The normalized spacial score (nSPS) is 20.0. The fraction of sp³-hybridized carbons (Fsp3) is 0.143. The number of benzene rings is 3. The molecule has 1 aliphatic rings. The van der Waals surface area contributed by atoms with Gasteiger partial charge >= 0.3 is 0 Å². The lowest BCUT2D eigenvalue weighted by Gasteiger charge is -2.31. The molecule has 2 atom stereocenters. The molecule has 2 heteroatoms. The maximum absolute atomic E-state index is 2.30. The predicted octanol–water partition coefficient (Wildman–Crippen LogP) is 6.76. The third kappa shape index (κ3) is 3.34. The lowest BCUT2D eigenvalue weighted by atomic mass is 10.0. The molecular weight excluding hydrogens is 316 g/mol. The van der Waals surface area contributed by atoms with Crippen molar-refractivity contribution >= 4 is 23.5 Å². The molecule has 0 aromatic heterocycles. The molecule has 0 saturated carbocycles. The van der Waals surface area contributed by atoms with E-state index in [1.54, 1.807) is 0 Å². The number of hydrogen-bond donors (Lipinski definition) is 0. The third-order valence-corrected chi connectivity index (χ3v) is 6.81. The van der Waals surface area contributed by atoms with Crippen LogP contribution in [0.5, 0.6) is 0 Å². The number of thioether (sulfide) groups is 2. The monoisotopic (exact) mass is 334 g/mol. The highest BCUT2D eigenvalue weighted by Gasteiger charge is 2.28. The van der Waals surface area contributed by atoms with Crippen LogP contribution in [0.25, 0.3) is 0 Å². The summed E-state index contributed by atoms with van der Waals surface area (Å²) < 4.78 is 0. The topological polar surface area (TPSA) is 0 Å². The van der Waals surface area contributed by atoms with Gasteiger partial charge in [0.1, 0.15) is 0 Å². The zero-order chi connectivity index (χ0) is 15.5. The van der Waals surface area contributed by atoms with Crippen molar-refractivity contribution in [1.29, 1.82) is 0 Å². The summed E-state index contributed by atoms with van der Waals surface area (Å²) in [5.74, 6) is 0. The van der Waals surface area contributed by atoms with Crippen molar-refractivity contribution < 1.29 is 0 Å². The zero-order valence-electron chi connectivity index (χ0n) is 12.8. The minimum atomic E-state index is 0.514. The summed E-state index contributed by atoms with van der Waals surface area (Å²) in [5, 5.41) is 1.05. The first-order valence-electron chi connectivity index (χ1n) is 7.92. The van der Waals surface area contributed by atoms with Crippen LogP contribution in [-0.2, 0) is 0 Å². The van der Waals surface area contributed by atoms with Crippen molar-refractivity contribution in [1.82, 2.24) is 0 Å². The molecular formula is C21H18S2. The number of hydrogen-bond acceptors (Lipinski definition) is 2. The molecule has 0 amide bonds. The van der Waals surface area contributed by atoms with Gasteiger partial charge in [-0.15, -0.1) is 23.5 Å². The van der Waals surface area contributed by atoms with E-state index < -0.39 is 0 Å². The minimum Gasteiger partial charge on any atom is -0.118 e. The van der Waals surface area contributed by atoms with Crippen LogP contribution in [0.4, 0.5) is 0 Å². The van der Waals surface area contributed by atoms with E-state index in [0.717, 1.165) is 0 Å². The fourth-order valence-corrected chi connectivity index (χ4v) is 5.88. The van der Waals surface area contributed by atoms with Crippen LogP contribution < -0.4 is 0 Å². The van der Waals surface area contributed by atoms with Crippen LogP contribution in [0.2, 0.25) is 0 Å². The standard InChI is InChI=1S/C21H18S2/c1-3-9-16(10-4-1)20-15-21(22-17-11-5-2-6-12-17)18-13-7-8-14-19(18)23-20/h1-14,20-21H,15H2. The first-order chi connectivity index (χ1) is 11.4. The second kappa shape index (κ2) is 6.86. The van der Waals surface area contributed by atoms with E-state index in [1.807, 2.05) is 23.5 Å². The molecule has 23 heavy (non-hydrogen) atoms. The fourth-order valence-electron chi connectivity index (χ4n) is 3.02. The lowest BCUT2D eigenvalue weighted by Crippen LogP contribution is -2.08. The van der Waals surface area contributed by atoms with Crippen LogP contribution in [0.1, 0.15) is 28.0 Å². The molecule has 0 saturated heterocycles. The van der Waals surface area contributed by atoms with Crippen molar-refractivity contribution in [3.63, 3.8) is 0 Å². The molecule has 114 valence electrons. The number of rotatable bonds is 3. The second-order valence-corrected chi connectivity index (χ2v) is 8.23. The summed E-state index contributed by atoms with van der Waals surface area (Å²) >= 11 is 4.00. The van der Waals surface area contributed by atoms with Gasteiger partial charge in [-0.1, -0.05) is 66.7 Å². The summed E-state index contributed by atoms with van der Waals surface area (Å²) in [6.45, 7) is 0. The first-order valence-corrected chi connectivity index (χ1v) is 9.68. The first kappa shape index (κ1) is 14.9. The van der Waals surface area contributed by atoms with Crippen molar-refractivity contribution in [3.05, 3.63) is 96.1 Å². The predicted molar refractivity (Wildman–Crippen MR) is 101 cm³/mol. The molecule has 2 unspecified atom stereocenters. The highest BCUT2D eigenvalue weighted by atomic mass is 32.2. The summed E-state index contributed by atoms with van der Waals surface area (Å²) in [7, 11) is 0. The second-order valence-electron chi connectivity index (χ2n) is 5.71. The summed E-state index contributed by atoms with van der Waals surface area (Å²) in [6.07, 6.45) is 1.17. The van der Waals surface area contributed by atoms with Crippen molar-refractivity contribution in [2.45, 2.75) is 26.7 Å². The quantitative estimate of drug-likeness (QED) is 0.519. The van der Waals surface area contributed by atoms with Gasteiger partial charge in [0.15, 0.2) is 0 Å². The van der Waals surface area contributed by atoms with Crippen LogP contribution in [-0.4, -0.2) is 0 Å². The average molecular weight is 335 g/mol. The molecule has 4 rings (SSSR count). The zero-order valence-corrected chi connectivity index (χ0v) is 14.4. The molecule has 0 radical (unpaired) electrons. The Bertz CT molecular complexity index is 768. The molecule has 0 fully saturated rings. The van der Waals surface area contributed by atoms with E-state index in [9.17, 15) is 0 Å². The van der Waals surface area contributed by atoms with Crippen LogP contribution >= 0.6 is 23.5 Å². The van der Waals surface area contributed by atoms with E-state index >= 15 is 0 Å². The van der Waals surface area contributed by atoms with E-state index in [1.165, 1.54) is 27.3 Å². The summed E-state index contributed by atoms with van der Waals surface area (Å²) in [6, 6.07) is 30.6. The smallest absolute Gasteiger partial charge is 0.0369 e. The van der Waals surface area contributed by atoms with E-state index in [0.29, 0.717) is 10.5 Å². The Hall–Kier alpha value is -1.64. The van der Waals surface area contributed by atoms with Crippen LogP contribution in [0, 0.1) is 0 Å². The van der Waals surface area contributed by atoms with Crippen molar-refractivity contribution in [2.75, 3.05) is 0 Å². The van der Waals surface area contributed by atoms with Gasteiger partial charge in [0.05, 0.1) is 0 Å². The largest absolute Gasteiger partial charge is 0.118 e. The molecule has 3 aromatic carbocycles.